The predicted molar refractivity (Wildman–Crippen MR) is 69.0 cm³/mol. The molecule has 0 bridgehead atoms. The molecule has 1 unspecified atom stereocenters. The summed E-state index contributed by atoms with van der Waals surface area (Å²) in [6.07, 6.45) is -1.44. The van der Waals surface area contributed by atoms with Crippen LogP contribution in [-0.4, -0.2) is 32.4 Å². The summed E-state index contributed by atoms with van der Waals surface area (Å²) < 4.78 is 15.4. The van der Waals surface area contributed by atoms with Gasteiger partial charge >= 0.3 is 5.97 Å². The Morgan fingerprint density at radius 3 is 2.39 bits per heavy atom. The van der Waals surface area contributed by atoms with Crippen molar-refractivity contribution in [2.75, 3.05) is 21.3 Å². The Labute approximate surface area is 114 Å². The molecule has 0 aliphatic carbocycles. The van der Waals surface area contributed by atoms with Crippen molar-refractivity contribution in [3.05, 3.63) is 21.7 Å². The zero-order valence-electron chi connectivity index (χ0n) is 10.6. The number of benzene rings is 1. The molecule has 0 aromatic heterocycles. The van der Waals surface area contributed by atoms with Crippen molar-refractivity contribution in [2.45, 2.75) is 13.0 Å². The molecule has 18 heavy (non-hydrogen) atoms. The third-order valence-corrected chi connectivity index (χ3v) is 3.32. The topological polar surface area (TPSA) is 65.0 Å². The van der Waals surface area contributed by atoms with E-state index in [0.717, 1.165) is 5.56 Å². The average Bonchev–Trinajstić information content (AvgIpc) is 2.36. The van der Waals surface area contributed by atoms with Gasteiger partial charge < -0.3 is 19.3 Å². The highest BCUT2D eigenvalue weighted by Gasteiger charge is 2.27. The number of halogens is 1. The Balaban J connectivity index is 3.45. The first-order chi connectivity index (χ1) is 8.47. The molecule has 1 aromatic rings. The van der Waals surface area contributed by atoms with Gasteiger partial charge in [-0.2, -0.15) is 0 Å². The number of aliphatic hydroxyl groups is 1. The van der Waals surface area contributed by atoms with Gasteiger partial charge in [0.15, 0.2) is 6.10 Å². The van der Waals surface area contributed by atoms with Crippen molar-refractivity contribution in [2.24, 2.45) is 0 Å². The first kappa shape index (κ1) is 14.8. The Kier molecular flexibility index (Phi) is 4.98. The summed E-state index contributed by atoms with van der Waals surface area (Å²) in [7, 11) is 4.17. The number of rotatable bonds is 4. The van der Waals surface area contributed by atoms with Crippen LogP contribution in [0.4, 0.5) is 0 Å². The summed E-state index contributed by atoms with van der Waals surface area (Å²) in [6.45, 7) is 1.83. The molecule has 100 valence electrons. The van der Waals surface area contributed by atoms with E-state index in [1.54, 1.807) is 6.07 Å². The lowest BCUT2D eigenvalue weighted by atomic mass is 10.0. The molecule has 0 aliphatic heterocycles. The molecule has 0 saturated carbocycles. The molecule has 0 fully saturated rings. The Bertz CT molecular complexity index is 458. The molecule has 0 aliphatic rings. The Morgan fingerprint density at radius 2 is 1.94 bits per heavy atom. The van der Waals surface area contributed by atoms with E-state index in [-0.39, 0.29) is 5.56 Å². The summed E-state index contributed by atoms with van der Waals surface area (Å²) in [5.74, 6) is 0.159. The Morgan fingerprint density at radius 1 is 1.33 bits per heavy atom. The highest BCUT2D eigenvalue weighted by atomic mass is 79.9. The van der Waals surface area contributed by atoms with Crippen LogP contribution in [0.25, 0.3) is 0 Å². The molecule has 0 heterocycles. The maximum absolute atomic E-state index is 11.4. The van der Waals surface area contributed by atoms with Gasteiger partial charge in [-0.1, -0.05) is 0 Å². The first-order valence-electron chi connectivity index (χ1n) is 5.14. The van der Waals surface area contributed by atoms with E-state index in [1.165, 1.54) is 21.3 Å². The molecule has 5 nitrogen and oxygen atoms in total. The van der Waals surface area contributed by atoms with Crippen LogP contribution in [0, 0.1) is 6.92 Å². The number of esters is 1. The van der Waals surface area contributed by atoms with Crippen molar-refractivity contribution in [3.8, 4) is 11.5 Å². The second-order valence-electron chi connectivity index (χ2n) is 3.58. The largest absolute Gasteiger partial charge is 0.496 e. The van der Waals surface area contributed by atoms with Crippen LogP contribution in [0.2, 0.25) is 0 Å². The van der Waals surface area contributed by atoms with Crippen LogP contribution >= 0.6 is 15.9 Å². The van der Waals surface area contributed by atoms with Gasteiger partial charge in [-0.25, -0.2) is 4.79 Å². The first-order valence-corrected chi connectivity index (χ1v) is 5.94. The van der Waals surface area contributed by atoms with E-state index < -0.39 is 12.1 Å². The summed E-state index contributed by atoms with van der Waals surface area (Å²) in [6, 6.07) is 1.69. The van der Waals surface area contributed by atoms with E-state index in [0.29, 0.717) is 16.0 Å². The minimum absolute atomic E-state index is 0.284. The van der Waals surface area contributed by atoms with E-state index in [4.69, 9.17) is 9.47 Å². The van der Waals surface area contributed by atoms with Gasteiger partial charge in [0.25, 0.3) is 0 Å². The molecule has 6 heteroatoms. The van der Waals surface area contributed by atoms with Crippen LogP contribution in [0.5, 0.6) is 11.5 Å². The Hall–Kier alpha value is -1.27. The maximum Gasteiger partial charge on any atom is 0.339 e. The van der Waals surface area contributed by atoms with Crippen molar-refractivity contribution in [3.63, 3.8) is 0 Å². The number of aliphatic hydroxyl groups excluding tert-OH is 1. The van der Waals surface area contributed by atoms with Crippen molar-refractivity contribution in [1.82, 2.24) is 0 Å². The van der Waals surface area contributed by atoms with Gasteiger partial charge in [0.2, 0.25) is 0 Å². The second kappa shape index (κ2) is 6.06. The lowest BCUT2D eigenvalue weighted by Gasteiger charge is -2.18. The zero-order valence-corrected chi connectivity index (χ0v) is 12.2. The van der Waals surface area contributed by atoms with Crippen molar-refractivity contribution in [1.29, 1.82) is 0 Å². The number of carbonyl (C=O) groups is 1. The van der Waals surface area contributed by atoms with Gasteiger partial charge in [-0.15, -0.1) is 0 Å². The molecule has 0 radical (unpaired) electrons. The summed E-state index contributed by atoms with van der Waals surface area (Å²) in [4.78, 5) is 11.4. The smallest absolute Gasteiger partial charge is 0.339 e. The number of ether oxygens (including phenoxy) is 3. The van der Waals surface area contributed by atoms with Gasteiger partial charge in [0, 0.05) is 0 Å². The van der Waals surface area contributed by atoms with E-state index >= 15 is 0 Å². The fraction of sp³-hybridized carbons (Fsp3) is 0.417. The number of hydrogen-bond donors (Lipinski definition) is 1. The molecule has 0 saturated heterocycles. The molecule has 1 aromatic carbocycles. The number of methoxy groups -OCH3 is 3. The SMILES string of the molecule is COC(=O)C(O)c1c(OC)cc(C)c(OC)c1Br. The van der Waals surface area contributed by atoms with E-state index in [9.17, 15) is 9.90 Å². The van der Waals surface area contributed by atoms with Gasteiger partial charge in [-0.3, -0.25) is 0 Å². The van der Waals surface area contributed by atoms with Gasteiger partial charge in [0.1, 0.15) is 11.5 Å². The molecule has 0 amide bonds. The fourth-order valence-corrected chi connectivity index (χ4v) is 2.53. The molecular formula is C12H15BrO5. The fourth-order valence-electron chi connectivity index (χ4n) is 1.65. The van der Waals surface area contributed by atoms with Crippen LogP contribution in [-0.2, 0) is 9.53 Å². The molecule has 1 atom stereocenters. The standard InChI is InChI=1S/C12H15BrO5/c1-6-5-7(16-2)8(9(13)11(6)17-3)10(14)12(15)18-4/h5,10,14H,1-4H3. The quantitative estimate of drug-likeness (QED) is 0.860. The maximum atomic E-state index is 11.4. The van der Waals surface area contributed by atoms with Crippen molar-refractivity contribution >= 4 is 21.9 Å². The van der Waals surface area contributed by atoms with Crippen LogP contribution in [0.3, 0.4) is 0 Å². The van der Waals surface area contributed by atoms with Crippen LogP contribution in [0.15, 0.2) is 10.5 Å². The average molecular weight is 319 g/mol. The summed E-state index contributed by atoms with van der Waals surface area (Å²) >= 11 is 3.31. The minimum atomic E-state index is -1.44. The predicted octanol–water partition coefficient (Wildman–Crippen LogP) is 1.98. The number of aryl methyl sites for hydroxylation is 1. The molecular weight excluding hydrogens is 304 g/mol. The minimum Gasteiger partial charge on any atom is -0.496 e. The lowest BCUT2D eigenvalue weighted by molar-refractivity contribution is -0.150. The van der Waals surface area contributed by atoms with Gasteiger partial charge in [0.05, 0.1) is 31.4 Å². The van der Waals surface area contributed by atoms with E-state index in [2.05, 4.69) is 20.7 Å². The van der Waals surface area contributed by atoms with Crippen LogP contribution in [0.1, 0.15) is 17.2 Å². The van der Waals surface area contributed by atoms with Gasteiger partial charge in [-0.05, 0) is 34.5 Å². The number of carbonyl (C=O) groups excluding carboxylic acids is 1. The monoisotopic (exact) mass is 318 g/mol. The zero-order chi connectivity index (χ0) is 13.9. The highest BCUT2D eigenvalue weighted by molar-refractivity contribution is 9.10. The lowest BCUT2D eigenvalue weighted by Crippen LogP contribution is -2.15. The molecule has 1 rings (SSSR count). The third kappa shape index (κ3) is 2.59. The highest BCUT2D eigenvalue weighted by Crippen LogP contribution is 2.41. The summed E-state index contributed by atoms with van der Waals surface area (Å²) in [5, 5.41) is 9.95. The third-order valence-electron chi connectivity index (χ3n) is 2.53. The van der Waals surface area contributed by atoms with E-state index in [1.807, 2.05) is 6.92 Å². The molecule has 1 N–H and O–H groups in total. The van der Waals surface area contributed by atoms with Crippen LogP contribution < -0.4 is 9.47 Å². The number of hydrogen-bond acceptors (Lipinski definition) is 5. The normalized spacial score (nSPS) is 11.9. The van der Waals surface area contributed by atoms with Crippen molar-refractivity contribution < 1.29 is 24.1 Å². The molecule has 0 spiro atoms. The summed E-state index contributed by atoms with van der Waals surface area (Å²) in [5.41, 5.74) is 1.11. The second-order valence-corrected chi connectivity index (χ2v) is 4.38.